The molecule has 1 aliphatic heterocycles. The quantitative estimate of drug-likeness (QED) is 0.457. The summed E-state index contributed by atoms with van der Waals surface area (Å²) in [6, 6.07) is 14.4. The van der Waals surface area contributed by atoms with Gasteiger partial charge in [0.05, 0.1) is 41.7 Å². The van der Waals surface area contributed by atoms with Crippen molar-refractivity contribution in [1.29, 1.82) is 0 Å². The molecule has 1 fully saturated rings. The first kappa shape index (κ1) is 19.7. The number of hydrogen-bond donors (Lipinski definition) is 1. The normalized spacial score (nSPS) is 16.7. The summed E-state index contributed by atoms with van der Waals surface area (Å²) in [4.78, 5) is 12.1. The molecule has 6 rings (SSSR count). The zero-order valence-corrected chi connectivity index (χ0v) is 18.8. The molecule has 1 atom stereocenters. The third kappa shape index (κ3) is 3.05. The summed E-state index contributed by atoms with van der Waals surface area (Å²) in [6.45, 7) is 4.26. The van der Waals surface area contributed by atoms with Crippen LogP contribution in [0.4, 0.5) is 11.8 Å². The van der Waals surface area contributed by atoms with E-state index in [0.29, 0.717) is 25.1 Å². The maximum absolute atomic E-state index is 5.69. The summed E-state index contributed by atoms with van der Waals surface area (Å²) in [6.07, 6.45) is 1.80. The highest BCUT2D eigenvalue weighted by Gasteiger charge is 2.26. The van der Waals surface area contributed by atoms with E-state index in [1.165, 1.54) is 0 Å². The van der Waals surface area contributed by atoms with E-state index < -0.39 is 0 Å². The van der Waals surface area contributed by atoms with Crippen molar-refractivity contribution in [2.24, 2.45) is 7.05 Å². The molecule has 1 N–H and O–H groups in total. The molecule has 33 heavy (non-hydrogen) atoms. The molecular weight excluding hydrogens is 418 g/mol. The van der Waals surface area contributed by atoms with Crippen LogP contribution in [0.1, 0.15) is 6.92 Å². The lowest BCUT2D eigenvalue weighted by Gasteiger charge is -2.34. The van der Waals surface area contributed by atoms with Gasteiger partial charge in [-0.3, -0.25) is 4.68 Å². The second kappa shape index (κ2) is 7.59. The lowest BCUT2D eigenvalue weighted by molar-refractivity contribution is 0.0986. The number of aromatic nitrogens is 7. The number of nitrogens with zero attached hydrogens (tertiary/aromatic N) is 8. The van der Waals surface area contributed by atoms with Gasteiger partial charge in [-0.1, -0.05) is 12.1 Å². The standard InChI is InChI=1S/C23H25N9O/c1-15-14-33-13-12-30(15)21-20-9-8-19(18-10-11-25-29(18)3)32(20)28-23(27-21)31-17-7-5-4-6-16(17)26-22(31)24-2/h4-11,15H,12-14H2,1-3H3,(H,24,26). The van der Waals surface area contributed by atoms with Crippen molar-refractivity contribution in [3.05, 3.63) is 48.7 Å². The Bertz CT molecular complexity index is 1460. The predicted molar refractivity (Wildman–Crippen MR) is 127 cm³/mol. The molecule has 0 saturated carbocycles. The van der Waals surface area contributed by atoms with E-state index >= 15 is 0 Å². The summed E-state index contributed by atoms with van der Waals surface area (Å²) in [5.74, 6) is 2.11. The molecule has 4 aromatic heterocycles. The van der Waals surface area contributed by atoms with Gasteiger partial charge in [0.25, 0.3) is 5.95 Å². The molecule has 10 heteroatoms. The van der Waals surface area contributed by atoms with E-state index in [4.69, 9.17) is 19.8 Å². The maximum Gasteiger partial charge on any atom is 0.257 e. The first-order valence-corrected chi connectivity index (χ1v) is 11.0. The Morgan fingerprint density at radius 2 is 1.91 bits per heavy atom. The SMILES string of the molecule is CNc1nc2ccccc2n1-c1nc(N2CCOCC2C)c2ccc(-c3ccnn3C)n2n1. The van der Waals surface area contributed by atoms with Crippen molar-refractivity contribution in [1.82, 2.24) is 33.9 Å². The van der Waals surface area contributed by atoms with Crippen LogP contribution in [-0.4, -0.2) is 66.8 Å². The molecule has 5 heterocycles. The maximum atomic E-state index is 5.69. The largest absolute Gasteiger partial charge is 0.377 e. The Labute approximate surface area is 190 Å². The molecule has 0 radical (unpaired) electrons. The molecule has 168 valence electrons. The van der Waals surface area contributed by atoms with Crippen LogP contribution in [0.15, 0.2) is 48.7 Å². The van der Waals surface area contributed by atoms with Crippen LogP contribution in [0.25, 0.3) is 33.9 Å². The average Bonchev–Trinajstić information content (AvgIpc) is 3.54. The van der Waals surface area contributed by atoms with Gasteiger partial charge in [-0.15, -0.1) is 5.10 Å². The summed E-state index contributed by atoms with van der Waals surface area (Å²) < 4.78 is 11.5. The number of fused-ring (bicyclic) bond motifs is 2. The van der Waals surface area contributed by atoms with Crippen LogP contribution in [-0.2, 0) is 11.8 Å². The highest BCUT2D eigenvalue weighted by atomic mass is 16.5. The fourth-order valence-electron chi connectivity index (χ4n) is 4.53. The van der Waals surface area contributed by atoms with Gasteiger partial charge in [0.1, 0.15) is 5.52 Å². The number of rotatable bonds is 4. The monoisotopic (exact) mass is 443 g/mol. The zero-order valence-electron chi connectivity index (χ0n) is 18.8. The highest BCUT2D eigenvalue weighted by molar-refractivity contribution is 5.81. The number of hydrogen-bond acceptors (Lipinski definition) is 7. The van der Waals surface area contributed by atoms with Crippen LogP contribution < -0.4 is 10.2 Å². The topological polar surface area (TPSA) is 90.3 Å². The first-order valence-electron chi connectivity index (χ1n) is 11.0. The van der Waals surface area contributed by atoms with Crippen LogP contribution in [0.3, 0.4) is 0 Å². The van der Waals surface area contributed by atoms with Crippen LogP contribution in [0.2, 0.25) is 0 Å². The smallest absolute Gasteiger partial charge is 0.257 e. The molecule has 10 nitrogen and oxygen atoms in total. The lowest BCUT2D eigenvalue weighted by atomic mass is 10.2. The van der Waals surface area contributed by atoms with Crippen LogP contribution in [0.5, 0.6) is 0 Å². The molecule has 0 amide bonds. The zero-order chi connectivity index (χ0) is 22.5. The van der Waals surface area contributed by atoms with Gasteiger partial charge in [-0.05, 0) is 37.3 Å². The fraction of sp³-hybridized carbons (Fsp3) is 0.304. The van der Waals surface area contributed by atoms with Crippen molar-refractivity contribution >= 4 is 28.3 Å². The number of anilines is 2. The molecule has 0 aliphatic carbocycles. The van der Waals surface area contributed by atoms with E-state index in [1.807, 2.05) is 58.2 Å². The number of para-hydroxylation sites is 2. The Kier molecular flexibility index (Phi) is 4.54. The second-order valence-electron chi connectivity index (χ2n) is 8.22. The molecular formula is C23H25N9O. The molecule has 0 bridgehead atoms. The van der Waals surface area contributed by atoms with Crippen molar-refractivity contribution in [3.8, 4) is 17.3 Å². The summed E-state index contributed by atoms with van der Waals surface area (Å²) in [7, 11) is 3.79. The number of aryl methyl sites for hydroxylation is 1. The number of ether oxygens (including phenoxy) is 1. The molecule has 1 aliphatic rings. The minimum absolute atomic E-state index is 0.198. The molecule has 1 unspecified atom stereocenters. The molecule has 0 spiro atoms. The number of morpholine rings is 1. The third-order valence-electron chi connectivity index (χ3n) is 6.19. The van der Waals surface area contributed by atoms with Gasteiger partial charge in [-0.2, -0.15) is 10.1 Å². The van der Waals surface area contributed by atoms with Gasteiger partial charge < -0.3 is 15.0 Å². The molecule has 5 aromatic rings. The van der Waals surface area contributed by atoms with Crippen LogP contribution >= 0.6 is 0 Å². The summed E-state index contributed by atoms with van der Waals surface area (Å²) in [5.41, 5.74) is 4.69. The van der Waals surface area contributed by atoms with Gasteiger partial charge >= 0.3 is 0 Å². The summed E-state index contributed by atoms with van der Waals surface area (Å²) >= 11 is 0. The van der Waals surface area contributed by atoms with E-state index in [0.717, 1.165) is 40.3 Å². The summed E-state index contributed by atoms with van der Waals surface area (Å²) in [5, 5.41) is 12.6. The van der Waals surface area contributed by atoms with Crippen molar-refractivity contribution in [2.75, 3.05) is 37.0 Å². The number of nitrogens with one attached hydrogen (secondary N) is 1. The van der Waals surface area contributed by atoms with Gasteiger partial charge in [-0.25, -0.2) is 14.1 Å². The Hall–Kier alpha value is -3.92. The van der Waals surface area contributed by atoms with Crippen molar-refractivity contribution in [3.63, 3.8) is 0 Å². The van der Waals surface area contributed by atoms with E-state index in [2.05, 4.69) is 34.4 Å². The molecule has 1 saturated heterocycles. The fourth-order valence-corrected chi connectivity index (χ4v) is 4.53. The molecule has 1 aromatic carbocycles. The predicted octanol–water partition coefficient (Wildman–Crippen LogP) is 2.74. The average molecular weight is 444 g/mol. The lowest BCUT2D eigenvalue weighted by Crippen LogP contribution is -2.44. The first-order chi connectivity index (χ1) is 16.2. The number of benzene rings is 1. The second-order valence-corrected chi connectivity index (χ2v) is 8.22. The van der Waals surface area contributed by atoms with Crippen LogP contribution in [0, 0.1) is 0 Å². The van der Waals surface area contributed by atoms with E-state index in [9.17, 15) is 0 Å². The highest BCUT2D eigenvalue weighted by Crippen LogP contribution is 2.31. The Balaban J connectivity index is 1.66. The minimum Gasteiger partial charge on any atom is -0.377 e. The van der Waals surface area contributed by atoms with E-state index in [1.54, 1.807) is 6.20 Å². The minimum atomic E-state index is 0.198. The number of imidazole rings is 1. The van der Waals surface area contributed by atoms with Gasteiger partial charge in [0.15, 0.2) is 5.82 Å². The van der Waals surface area contributed by atoms with Gasteiger partial charge in [0.2, 0.25) is 5.95 Å². The van der Waals surface area contributed by atoms with Crippen molar-refractivity contribution < 1.29 is 4.74 Å². The Morgan fingerprint density at radius 3 is 2.70 bits per heavy atom. The van der Waals surface area contributed by atoms with Crippen molar-refractivity contribution in [2.45, 2.75) is 13.0 Å². The third-order valence-corrected chi connectivity index (χ3v) is 6.19. The van der Waals surface area contributed by atoms with Gasteiger partial charge in [0, 0.05) is 26.8 Å². The van der Waals surface area contributed by atoms with E-state index in [-0.39, 0.29) is 6.04 Å². The Morgan fingerprint density at radius 1 is 1.03 bits per heavy atom.